The van der Waals surface area contributed by atoms with E-state index in [1.165, 1.54) is 23.5 Å². The molecule has 0 radical (unpaired) electrons. The summed E-state index contributed by atoms with van der Waals surface area (Å²) in [6, 6.07) is 5.47. The fourth-order valence-electron chi connectivity index (χ4n) is 2.83. The smallest absolute Gasteiger partial charge is 0.263 e. The van der Waals surface area contributed by atoms with Crippen molar-refractivity contribution in [3.8, 4) is 0 Å². The second kappa shape index (κ2) is 7.06. The third-order valence-corrected chi connectivity index (χ3v) is 4.29. The van der Waals surface area contributed by atoms with Crippen LogP contribution in [0.1, 0.15) is 40.5 Å². The number of carbonyl (C=O) groups excluding carboxylic acids is 1. The number of aromatic nitrogens is 7. The molecule has 10 heteroatoms. The zero-order valence-corrected chi connectivity index (χ0v) is 15.3. The highest BCUT2D eigenvalue weighted by atomic mass is 16.2. The predicted octanol–water partition coefficient (Wildman–Crippen LogP) is 1.09. The molecule has 3 N–H and O–H groups in total. The molecule has 4 aromatic rings. The molecule has 0 aliphatic rings. The van der Waals surface area contributed by atoms with Crippen LogP contribution in [0.2, 0.25) is 0 Å². The van der Waals surface area contributed by atoms with E-state index in [1.807, 2.05) is 25.1 Å². The molecule has 0 saturated heterocycles. The molecule has 0 bridgehead atoms. The van der Waals surface area contributed by atoms with E-state index in [0.29, 0.717) is 11.6 Å². The lowest BCUT2D eigenvalue weighted by Gasteiger charge is -2.11. The molecule has 1 atom stereocenters. The van der Waals surface area contributed by atoms with Crippen molar-refractivity contribution in [2.75, 3.05) is 0 Å². The maximum absolute atomic E-state index is 12.5. The van der Waals surface area contributed by atoms with Gasteiger partial charge >= 0.3 is 0 Å². The number of hydrogen-bond donors (Lipinski definition) is 3. The van der Waals surface area contributed by atoms with Crippen LogP contribution < -0.4 is 10.9 Å². The van der Waals surface area contributed by atoms with Crippen LogP contribution in [0.3, 0.4) is 0 Å². The molecule has 0 aliphatic heterocycles. The van der Waals surface area contributed by atoms with Gasteiger partial charge in [0.1, 0.15) is 36.4 Å². The largest absolute Gasteiger partial charge is 0.342 e. The fourth-order valence-corrected chi connectivity index (χ4v) is 2.83. The molecule has 0 unspecified atom stereocenters. The Morgan fingerprint density at radius 3 is 2.93 bits per heavy atom. The summed E-state index contributed by atoms with van der Waals surface area (Å²) < 4.78 is 1.52. The molecule has 3 heterocycles. The van der Waals surface area contributed by atoms with Gasteiger partial charge < -0.3 is 15.3 Å². The first-order valence-electron chi connectivity index (χ1n) is 8.67. The zero-order chi connectivity index (χ0) is 19.7. The van der Waals surface area contributed by atoms with E-state index >= 15 is 0 Å². The summed E-state index contributed by atoms with van der Waals surface area (Å²) >= 11 is 0. The molecule has 0 spiro atoms. The van der Waals surface area contributed by atoms with Crippen molar-refractivity contribution < 1.29 is 4.79 Å². The minimum atomic E-state index is -0.523. The lowest BCUT2D eigenvalue weighted by molar-refractivity contribution is 0.0936. The van der Waals surface area contributed by atoms with Gasteiger partial charge in [0.05, 0.1) is 17.1 Å². The summed E-state index contributed by atoms with van der Waals surface area (Å²) in [7, 11) is 0. The Labute approximate surface area is 159 Å². The molecule has 1 amide bonds. The second-order valence-electron chi connectivity index (χ2n) is 6.50. The van der Waals surface area contributed by atoms with E-state index in [-0.39, 0.29) is 12.1 Å². The molecular weight excluding hydrogens is 360 g/mol. The van der Waals surface area contributed by atoms with Crippen molar-refractivity contribution >= 4 is 16.9 Å². The monoisotopic (exact) mass is 378 g/mol. The Morgan fingerprint density at radius 1 is 1.32 bits per heavy atom. The number of carbonyl (C=O) groups is 1. The number of benzene rings is 1. The van der Waals surface area contributed by atoms with Gasteiger partial charge in [-0.3, -0.25) is 9.59 Å². The van der Waals surface area contributed by atoms with Crippen LogP contribution in [0.4, 0.5) is 0 Å². The Bertz CT molecular complexity index is 1190. The topological polar surface area (TPSA) is 134 Å². The van der Waals surface area contributed by atoms with Gasteiger partial charge in [0.25, 0.3) is 11.5 Å². The highest BCUT2D eigenvalue weighted by Crippen LogP contribution is 2.17. The van der Waals surface area contributed by atoms with Gasteiger partial charge in [0, 0.05) is 6.20 Å². The fraction of sp³-hybridized carbons (Fsp3) is 0.222. The highest BCUT2D eigenvalue weighted by Gasteiger charge is 2.18. The Morgan fingerprint density at radius 2 is 2.18 bits per heavy atom. The third kappa shape index (κ3) is 3.52. The number of H-pyrrole nitrogens is 2. The average molecular weight is 378 g/mol. The van der Waals surface area contributed by atoms with Crippen LogP contribution in [0.25, 0.3) is 11.0 Å². The van der Waals surface area contributed by atoms with Crippen molar-refractivity contribution in [2.24, 2.45) is 0 Å². The van der Waals surface area contributed by atoms with Gasteiger partial charge in [-0.2, -0.15) is 5.10 Å². The molecule has 10 nitrogen and oxygen atoms in total. The van der Waals surface area contributed by atoms with Crippen molar-refractivity contribution in [1.82, 2.24) is 40.0 Å². The molecule has 142 valence electrons. The van der Waals surface area contributed by atoms with E-state index in [2.05, 4.69) is 35.3 Å². The number of nitrogens with one attached hydrogen (secondary N) is 3. The summed E-state index contributed by atoms with van der Waals surface area (Å²) in [5.74, 6) is 0.471. The van der Waals surface area contributed by atoms with Crippen LogP contribution >= 0.6 is 0 Å². The molecule has 4 rings (SSSR count). The minimum Gasteiger partial charge on any atom is -0.342 e. The maximum Gasteiger partial charge on any atom is 0.263 e. The number of aryl methyl sites for hydroxylation is 1. The van der Waals surface area contributed by atoms with Crippen LogP contribution in [0.15, 0.2) is 41.8 Å². The first-order chi connectivity index (χ1) is 13.5. The lowest BCUT2D eigenvalue weighted by Crippen LogP contribution is -2.33. The lowest BCUT2D eigenvalue weighted by atomic mass is 10.2. The Hall–Kier alpha value is -3.82. The van der Waals surface area contributed by atoms with Gasteiger partial charge in [-0.15, -0.1) is 0 Å². The number of amides is 1. The maximum atomic E-state index is 12.5. The van der Waals surface area contributed by atoms with Crippen molar-refractivity contribution in [1.29, 1.82) is 0 Å². The molecular formula is C18H18N8O2. The van der Waals surface area contributed by atoms with Crippen LogP contribution in [0.5, 0.6) is 0 Å². The number of fused-ring (bicyclic) bond motifs is 1. The van der Waals surface area contributed by atoms with Gasteiger partial charge in [0.15, 0.2) is 0 Å². The van der Waals surface area contributed by atoms with Crippen molar-refractivity contribution in [3.63, 3.8) is 0 Å². The first kappa shape index (κ1) is 17.6. The second-order valence-corrected chi connectivity index (χ2v) is 6.50. The third-order valence-electron chi connectivity index (χ3n) is 4.29. The standard InChI is InChI=1S/C18H18N8O2/c1-10-3-4-13-14(5-10)24-16(23-13)11(2)22-17(27)12-6-20-15(25-18(12)28)7-26-9-19-8-21-26/h3-6,8-9,11H,7H2,1-2H3,(H,22,27)(H,23,24)(H,20,25,28)/t11-/m1/s1. The summed E-state index contributed by atoms with van der Waals surface area (Å²) in [5, 5.41) is 6.72. The van der Waals surface area contributed by atoms with E-state index in [9.17, 15) is 9.59 Å². The van der Waals surface area contributed by atoms with Crippen LogP contribution in [-0.4, -0.2) is 40.6 Å². The van der Waals surface area contributed by atoms with E-state index < -0.39 is 17.5 Å². The summed E-state index contributed by atoms with van der Waals surface area (Å²) in [5.41, 5.74) is 2.24. The Kier molecular flexibility index (Phi) is 4.44. The number of aromatic amines is 2. The van der Waals surface area contributed by atoms with Gasteiger partial charge in [-0.25, -0.2) is 19.6 Å². The normalized spacial score (nSPS) is 12.2. The summed E-state index contributed by atoms with van der Waals surface area (Å²) in [6.45, 7) is 4.05. The number of hydrogen-bond acceptors (Lipinski definition) is 6. The van der Waals surface area contributed by atoms with Crippen molar-refractivity contribution in [2.45, 2.75) is 26.4 Å². The summed E-state index contributed by atoms with van der Waals surface area (Å²) in [4.78, 5) is 43.0. The van der Waals surface area contributed by atoms with E-state index in [0.717, 1.165) is 16.6 Å². The van der Waals surface area contributed by atoms with E-state index in [1.54, 1.807) is 6.92 Å². The zero-order valence-electron chi connectivity index (χ0n) is 15.3. The molecule has 0 fully saturated rings. The predicted molar refractivity (Wildman–Crippen MR) is 101 cm³/mol. The number of nitrogens with zero attached hydrogens (tertiary/aromatic N) is 5. The van der Waals surface area contributed by atoms with Crippen molar-refractivity contribution in [3.05, 3.63) is 70.2 Å². The number of rotatable bonds is 5. The van der Waals surface area contributed by atoms with Crippen LogP contribution in [-0.2, 0) is 6.54 Å². The van der Waals surface area contributed by atoms with E-state index in [4.69, 9.17) is 0 Å². The molecule has 28 heavy (non-hydrogen) atoms. The minimum absolute atomic E-state index is 0.0684. The quantitative estimate of drug-likeness (QED) is 0.476. The molecule has 0 aliphatic carbocycles. The first-order valence-corrected chi connectivity index (χ1v) is 8.67. The van der Waals surface area contributed by atoms with Gasteiger partial charge in [0.2, 0.25) is 0 Å². The van der Waals surface area contributed by atoms with Crippen LogP contribution in [0, 0.1) is 6.92 Å². The highest BCUT2D eigenvalue weighted by molar-refractivity contribution is 5.93. The SMILES string of the molecule is Cc1ccc2nc([C@@H](C)NC(=O)c3cnc(Cn4cncn4)[nH]c3=O)[nH]c2c1. The molecule has 3 aromatic heterocycles. The van der Waals surface area contributed by atoms with Gasteiger partial charge in [-0.05, 0) is 31.5 Å². The summed E-state index contributed by atoms with van der Waals surface area (Å²) in [6.07, 6.45) is 4.16. The van der Waals surface area contributed by atoms with Gasteiger partial charge in [-0.1, -0.05) is 6.07 Å². The average Bonchev–Trinajstić information content (AvgIpc) is 3.30. The molecule has 0 saturated carbocycles. The number of imidazole rings is 1. The molecule has 1 aromatic carbocycles. The Balaban J connectivity index is 1.49.